The minimum atomic E-state index is -3.82. The summed E-state index contributed by atoms with van der Waals surface area (Å²) in [7, 11) is 0. The fourth-order valence-electron chi connectivity index (χ4n) is 1.12. The molecule has 0 bridgehead atoms. The zero-order valence-corrected chi connectivity index (χ0v) is 8.08. The predicted octanol–water partition coefficient (Wildman–Crippen LogP) is 2.81. The molecule has 1 aromatic carbocycles. The summed E-state index contributed by atoms with van der Waals surface area (Å²) in [6, 6.07) is 8.44. The molecule has 0 heterocycles. The average Bonchev–Trinajstić information content (AvgIpc) is 2.18. The summed E-state index contributed by atoms with van der Waals surface area (Å²) in [6.45, 7) is 1.45. The Morgan fingerprint density at radius 1 is 1.33 bits per heavy atom. The zero-order valence-electron chi connectivity index (χ0n) is 8.08. The van der Waals surface area contributed by atoms with E-state index < -0.39 is 11.9 Å². The molecule has 0 aliphatic heterocycles. The molecule has 1 N–H and O–H groups in total. The molecule has 0 atom stereocenters. The molecule has 1 rings (SSSR count). The first-order chi connectivity index (χ1) is 6.93. The van der Waals surface area contributed by atoms with Gasteiger partial charge in [-0.1, -0.05) is 30.3 Å². The normalized spacial score (nSPS) is 12.6. The molecule has 1 aromatic rings. The van der Waals surface area contributed by atoms with Gasteiger partial charge >= 0.3 is 11.9 Å². The number of rotatable bonds is 3. The van der Waals surface area contributed by atoms with Crippen LogP contribution in [0.3, 0.4) is 0 Å². The second-order valence-electron chi connectivity index (χ2n) is 3.12. The number of hydrogen-bond acceptors (Lipinski definition) is 1. The highest BCUT2D eigenvalue weighted by molar-refractivity contribution is 5.81. The lowest BCUT2D eigenvalue weighted by Gasteiger charge is -2.07. The molecular weight excluding hydrogens is 202 g/mol. The summed E-state index contributed by atoms with van der Waals surface area (Å²) in [5, 5.41) is 8.24. The Hall–Kier alpha value is -1.71. The lowest BCUT2D eigenvalue weighted by Crippen LogP contribution is -2.25. The summed E-state index contributed by atoms with van der Waals surface area (Å²) in [6.07, 6.45) is 0.449. The Balaban J connectivity index is 3.00. The highest BCUT2D eigenvalue weighted by Crippen LogP contribution is 2.22. The van der Waals surface area contributed by atoms with Gasteiger partial charge in [-0.05, 0) is 24.1 Å². The van der Waals surface area contributed by atoms with Crippen LogP contribution in [-0.2, 0) is 4.79 Å². The van der Waals surface area contributed by atoms with Gasteiger partial charge in [-0.25, -0.2) is 4.79 Å². The van der Waals surface area contributed by atoms with Crippen molar-refractivity contribution in [3.05, 3.63) is 42.0 Å². The summed E-state index contributed by atoms with van der Waals surface area (Å²) in [4.78, 5) is 10.2. The topological polar surface area (TPSA) is 37.3 Å². The third-order valence-corrected chi connectivity index (χ3v) is 1.91. The molecule has 0 unspecified atom stereocenters. The van der Waals surface area contributed by atoms with Crippen LogP contribution in [-0.4, -0.2) is 17.0 Å². The summed E-state index contributed by atoms with van der Waals surface area (Å²) in [5.74, 6) is -5.96. The molecule has 2 nitrogen and oxygen atoms in total. The second kappa shape index (κ2) is 4.21. The van der Waals surface area contributed by atoms with Gasteiger partial charge in [0.05, 0.1) is 0 Å². The molecule has 0 amide bonds. The Bertz CT molecular complexity index is 383. The molecule has 0 saturated carbocycles. The summed E-state index contributed by atoms with van der Waals surface area (Å²) < 4.78 is 25.6. The fraction of sp³-hybridized carbons (Fsp3) is 0.182. The standard InChI is InChI=1S/C11H10F2O2/c1-8(7-11(12,13)10(14)15)9-5-3-2-4-6-9/h2-7H,1H3,(H,14,15)/b8-7+. The second-order valence-corrected chi connectivity index (χ2v) is 3.12. The van der Waals surface area contributed by atoms with Crippen molar-refractivity contribution in [1.29, 1.82) is 0 Å². The maximum atomic E-state index is 12.8. The van der Waals surface area contributed by atoms with Crippen LogP contribution in [0, 0.1) is 0 Å². The van der Waals surface area contributed by atoms with E-state index in [-0.39, 0.29) is 5.57 Å². The smallest absolute Gasteiger partial charge is 0.378 e. The van der Waals surface area contributed by atoms with Crippen molar-refractivity contribution in [3.8, 4) is 0 Å². The van der Waals surface area contributed by atoms with Crippen molar-refractivity contribution >= 4 is 11.5 Å². The first kappa shape index (κ1) is 11.4. The van der Waals surface area contributed by atoms with Crippen LogP contribution < -0.4 is 0 Å². The molecule has 4 heteroatoms. The first-order valence-electron chi connectivity index (χ1n) is 4.29. The Labute approximate surface area is 85.9 Å². The van der Waals surface area contributed by atoms with Crippen molar-refractivity contribution in [1.82, 2.24) is 0 Å². The van der Waals surface area contributed by atoms with Crippen molar-refractivity contribution in [2.45, 2.75) is 12.8 Å². The molecule has 0 aliphatic carbocycles. The van der Waals surface area contributed by atoms with Crippen molar-refractivity contribution < 1.29 is 18.7 Å². The van der Waals surface area contributed by atoms with E-state index in [0.717, 1.165) is 0 Å². The van der Waals surface area contributed by atoms with E-state index in [1.165, 1.54) is 6.92 Å². The van der Waals surface area contributed by atoms with Crippen molar-refractivity contribution in [2.24, 2.45) is 0 Å². The minimum Gasteiger partial charge on any atom is -0.477 e. The maximum Gasteiger partial charge on any atom is 0.378 e. The van der Waals surface area contributed by atoms with E-state index in [9.17, 15) is 13.6 Å². The monoisotopic (exact) mass is 212 g/mol. The van der Waals surface area contributed by atoms with Crippen molar-refractivity contribution in [2.75, 3.05) is 0 Å². The molecule has 0 spiro atoms. The highest BCUT2D eigenvalue weighted by atomic mass is 19.3. The minimum absolute atomic E-state index is 0.239. The number of carboxylic acids is 1. The Morgan fingerprint density at radius 3 is 2.33 bits per heavy atom. The quantitative estimate of drug-likeness (QED) is 0.836. The lowest BCUT2D eigenvalue weighted by atomic mass is 10.1. The average molecular weight is 212 g/mol. The number of carboxylic acid groups (broad SMARTS) is 1. The molecule has 0 radical (unpaired) electrons. The molecule has 15 heavy (non-hydrogen) atoms. The molecule has 0 aliphatic rings. The van der Waals surface area contributed by atoms with Crippen LogP contribution in [0.25, 0.3) is 5.57 Å². The van der Waals surface area contributed by atoms with E-state index in [1.54, 1.807) is 30.3 Å². The third kappa shape index (κ3) is 2.87. The highest BCUT2D eigenvalue weighted by Gasteiger charge is 2.36. The predicted molar refractivity (Wildman–Crippen MR) is 52.7 cm³/mol. The zero-order chi connectivity index (χ0) is 11.5. The van der Waals surface area contributed by atoms with Gasteiger partial charge in [0.2, 0.25) is 0 Å². The maximum absolute atomic E-state index is 12.8. The van der Waals surface area contributed by atoms with E-state index in [0.29, 0.717) is 11.6 Å². The SMILES string of the molecule is C/C(=C\C(F)(F)C(=O)O)c1ccccc1. The van der Waals surface area contributed by atoms with Gasteiger partial charge < -0.3 is 5.11 Å². The number of benzene rings is 1. The number of aliphatic carboxylic acids is 1. The fourth-order valence-corrected chi connectivity index (χ4v) is 1.12. The third-order valence-electron chi connectivity index (χ3n) is 1.91. The van der Waals surface area contributed by atoms with Gasteiger partial charge in [-0.3, -0.25) is 0 Å². The van der Waals surface area contributed by atoms with Gasteiger partial charge in [0.15, 0.2) is 0 Å². The van der Waals surface area contributed by atoms with Gasteiger partial charge in [0, 0.05) is 0 Å². The Morgan fingerprint density at radius 2 is 1.87 bits per heavy atom. The van der Waals surface area contributed by atoms with Gasteiger partial charge in [0.25, 0.3) is 0 Å². The van der Waals surface area contributed by atoms with E-state index in [2.05, 4.69) is 0 Å². The number of halogens is 2. The summed E-state index contributed by atoms with van der Waals surface area (Å²) >= 11 is 0. The number of hydrogen-bond donors (Lipinski definition) is 1. The number of alkyl halides is 2. The van der Waals surface area contributed by atoms with Crippen LogP contribution in [0.5, 0.6) is 0 Å². The summed E-state index contributed by atoms with van der Waals surface area (Å²) in [5.41, 5.74) is 0.821. The molecule has 80 valence electrons. The lowest BCUT2D eigenvalue weighted by molar-refractivity contribution is -0.157. The van der Waals surface area contributed by atoms with Gasteiger partial charge in [-0.2, -0.15) is 8.78 Å². The largest absolute Gasteiger partial charge is 0.477 e. The molecule has 0 saturated heterocycles. The molecule has 0 fully saturated rings. The number of carbonyl (C=O) groups is 1. The Kier molecular flexibility index (Phi) is 3.19. The number of allylic oxidation sites excluding steroid dienone is 1. The van der Waals surface area contributed by atoms with E-state index >= 15 is 0 Å². The van der Waals surface area contributed by atoms with E-state index in [1.807, 2.05) is 0 Å². The van der Waals surface area contributed by atoms with Crippen LogP contribution in [0.15, 0.2) is 36.4 Å². The van der Waals surface area contributed by atoms with Crippen molar-refractivity contribution in [3.63, 3.8) is 0 Å². The first-order valence-corrected chi connectivity index (χ1v) is 4.29. The van der Waals surface area contributed by atoms with Gasteiger partial charge in [0.1, 0.15) is 0 Å². The molecule has 0 aromatic heterocycles. The van der Waals surface area contributed by atoms with Crippen LogP contribution >= 0.6 is 0 Å². The van der Waals surface area contributed by atoms with E-state index in [4.69, 9.17) is 5.11 Å². The van der Waals surface area contributed by atoms with Gasteiger partial charge in [-0.15, -0.1) is 0 Å². The van der Waals surface area contributed by atoms with Crippen LogP contribution in [0.2, 0.25) is 0 Å². The van der Waals surface area contributed by atoms with Crippen LogP contribution in [0.1, 0.15) is 12.5 Å². The molecular formula is C11H10F2O2. The van der Waals surface area contributed by atoms with Crippen LogP contribution in [0.4, 0.5) is 8.78 Å².